The molecule has 79 heavy (non-hydrogen) atoms. The molecule has 0 aliphatic rings. The van der Waals surface area contributed by atoms with Gasteiger partial charge in [-0.15, -0.1) is 11.3 Å². The van der Waals surface area contributed by atoms with Crippen molar-refractivity contribution in [1.29, 1.82) is 0 Å². The van der Waals surface area contributed by atoms with Crippen LogP contribution in [-0.2, 0) is 12.8 Å². The maximum absolute atomic E-state index is 15.4. The second-order valence-corrected chi connectivity index (χ2v) is 29.8. The third kappa shape index (κ3) is 19.2. The van der Waals surface area contributed by atoms with Crippen molar-refractivity contribution in [1.82, 2.24) is 0 Å². The van der Waals surface area contributed by atoms with Gasteiger partial charge in [-0.05, 0) is 19.1 Å². The van der Waals surface area contributed by atoms with Gasteiger partial charge in [-0.25, -0.2) is 0 Å². The van der Waals surface area contributed by atoms with Crippen molar-refractivity contribution >= 4 is 69.5 Å². The van der Waals surface area contributed by atoms with E-state index in [2.05, 4.69) is 102 Å². The van der Waals surface area contributed by atoms with Crippen LogP contribution in [0.5, 0.6) is 0 Å². The summed E-state index contributed by atoms with van der Waals surface area (Å²) in [5, 5.41) is 6.60. The number of hydrogen-bond donors (Lipinski definition) is 0. The van der Waals surface area contributed by atoms with E-state index in [-0.39, 0.29) is 10.9 Å². The average Bonchev–Trinajstić information content (AvgIpc) is 4.50. The van der Waals surface area contributed by atoms with Gasteiger partial charge < -0.3 is 0 Å². The Balaban J connectivity index is 1.31. The van der Waals surface area contributed by atoms with Crippen LogP contribution < -0.4 is 10.9 Å². The van der Waals surface area contributed by atoms with E-state index in [1.54, 1.807) is 22.7 Å². The summed E-state index contributed by atoms with van der Waals surface area (Å²) in [5.74, 6) is 1.08. The van der Waals surface area contributed by atoms with Crippen LogP contribution in [0.15, 0.2) is 70.3 Å². The molecule has 2 atom stereocenters. The second kappa shape index (κ2) is 35.1. The molecule has 0 radical (unpaired) electrons. The van der Waals surface area contributed by atoms with Crippen molar-refractivity contribution in [2.75, 3.05) is 0 Å². The topological polar surface area (TPSA) is 34.1 Å². The minimum atomic E-state index is 0.188. The Labute approximate surface area is 495 Å². The first-order chi connectivity index (χ1) is 38.7. The molecular formula is C74H106O2S2Se. The molecule has 3 aromatic heterocycles. The molecule has 0 saturated heterocycles. The number of unbranched alkanes of at least 4 members (excludes halogenated alkanes) is 28. The summed E-state index contributed by atoms with van der Waals surface area (Å²) in [6, 6.07) is 22.7. The Kier molecular flexibility index (Phi) is 28.3. The number of hydrogen-bond acceptors (Lipinski definition) is 4. The van der Waals surface area contributed by atoms with Crippen LogP contribution in [-0.4, -0.2) is 14.5 Å². The van der Waals surface area contributed by atoms with Crippen molar-refractivity contribution in [3.63, 3.8) is 0 Å². The SMILES string of the molecule is CCCCCCCCCCCCC(CCCCCCCC)Cc1c2cc3c(=O)c(-c4ccc(-c5ccc(C)[se]5)s4)cc3c(CC(CCCCCCCC)CCCCCCCCCCCC)c2cc2c(=O)c(-c3ccc(C)s3)cc12. The molecule has 4 aromatic carbocycles. The summed E-state index contributed by atoms with van der Waals surface area (Å²) in [5.41, 5.74) is 4.79. The molecule has 0 amide bonds. The van der Waals surface area contributed by atoms with Gasteiger partial charge in [0.2, 0.25) is 0 Å². The first-order valence-electron chi connectivity index (χ1n) is 33.2. The number of benzene rings is 2. The van der Waals surface area contributed by atoms with E-state index >= 15 is 9.59 Å². The van der Waals surface area contributed by atoms with Crippen molar-refractivity contribution in [2.45, 2.75) is 286 Å². The third-order valence-corrected chi connectivity index (χ3v) is 22.7. The summed E-state index contributed by atoms with van der Waals surface area (Å²) in [7, 11) is 0. The molecule has 2 nitrogen and oxygen atoms in total. The van der Waals surface area contributed by atoms with Gasteiger partial charge in [0.1, 0.15) is 0 Å². The van der Waals surface area contributed by atoms with E-state index < -0.39 is 0 Å². The molecular weight excluding hydrogens is 1060 g/mol. The Bertz CT molecular complexity index is 2910. The zero-order valence-corrected chi connectivity index (χ0v) is 54.2. The van der Waals surface area contributed by atoms with Crippen molar-refractivity contribution in [3.8, 4) is 30.2 Å². The molecule has 2 unspecified atom stereocenters. The standard InChI is InChI=1S/C74H106O2S2Se/c1-7-11-15-19-23-25-27-29-33-37-41-57(39-35-31-21-17-13-9-3)49-59-62-52-66-64(54-68(74(66)76)70-46-47-71(78-70)72-48-44-56(6)79-72)60(61(62)51-65-63(59)53-67(73(65)75)69-45-43-55(5)77-69)50-58(40-36-32-22-18-14-10-4)42-38-34-30-28-26-24-20-16-12-8-2/h43-48,51-54,57-58H,7-42,49-50H2,1-6H3. The summed E-state index contributed by atoms with van der Waals surface area (Å²) in [6.45, 7) is 13.7. The summed E-state index contributed by atoms with van der Waals surface area (Å²) < 4.78 is 2.88. The first kappa shape index (κ1) is 63.5. The van der Waals surface area contributed by atoms with Crippen LogP contribution in [0.1, 0.15) is 279 Å². The van der Waals surface area contributed by atoms with Crippen LogP contribution >= 0.6 is 22.7 Å². The van der Waals surface area contributed by atoms with Gasteiger partial charge in [0.25, 0.3) is 0 Å². The molecule has 7 rings (SSSR count). The van der Waals surface area contributed by atoms with Crippen molar-refractivity contribution < 1.29 is 0 Å². The maximum atomic E-state index is 15.4. The quantitative estimate of drug-likeness (QED) is 0.0282. The van der Waals surface area contributed by atoms with E-state index in [0.29, 0.717) is 26.3 Å². The summed E-state index contributed by atoms with van der Waals surface area (Å²) in [4.78, 5) is 35.3. The number of aryl methyl sites for hydroxylation is 2. The van der Waals surface area contributed by atoms with Gasteiger partial charge in [0.05, 0.1) is 0 Å². The van der Waals surface area contributed by atoms with E-state index in [1.807, 2.05) is 0 Å². The fourth-order valence-electron chi connectivity index (χ4n) is 13.2. The van der Waals surface area contributed by atoms with Gasteiger partial charge in [0.15, 0.2) is 0 Å². The van der Waals surface area contributed by atoms with Gasteiger partial charge in [-0.3, -0.25) is 4.79 Å². The Morgan fingerprint density at radius 1 is 0.354 bits per heavy atom. The monoisotopic (exact) mass is 1170 g/mol. The Hall–Kier alpha value is -3.08. The predicted molar refractivity (Wildman–Crippen MR) is 356 cm³/mol. The van der Waals surface area contributed by atoms with E-state index in [4.69, 9.17) is 0 Å². The number of rotatable bonds is 43. The normalized spacial score (nSPS) is 12.8. The van der Waals surface area contributed by atoms with Crippen LogP contribution in [0.4, 0.5) is 0 Å². The van der Waals surface area contributed by atoms with Gasteiger partial charge >= 0.3 is 215 Å². The number of thiophene rings is 2. The molecule has 0 spiro atoms. The average molecular weight is 1170 g/mol. The van der Waals surface area contributed by atoms with Crippen LogP contribution in [0, 0.1) is 25.7 Å². The zero-order valence-electron chi connectivity index (χ0n) is 50.8. The molecule has 7 aromatic rings. The molecule has 0 aliphatic heterocycles. The fourth-order valence-corrected chi connectivity index (χ4v) is 17.2. The van der Waals surface area contributed by atoms with Gasteiger partial charge in [-0.1, -0.05) is 233 Å². The van der Waals surface area contributed by atoms with E-state index in [9.17, 15) is 0 Å². The molecule has 0 aliphatic carbocycles. The van der Waals surface area contributed by atoms with Gasteiger partial charge in [-0.2, -0.15) is 0 Å². The molecule has 5 heteroatoms. The predicted octanol–water partition coefficient (Wildman–Crippen LogP) is 24.0. The Morgan fingerprint density at radius 2 is 0.684 bits per heavy atom. The van der Waals surface area contributed by atoms with Gasteiger partial charge in [0, 0.05) is 15.3 Å². The molecule has 0 N–H and O–H groups in total. The molecule has 3 heterocycles. The van der Waals surface area contributed by atoms with Crippen LogP contribution in [0.25, 0.3) is 62.5 Å². The molecule has 432 valence electrons. The van der Waals surface area contributed by atoms with Crippen molar-refractivity contribution in [2.24, 2.45) is 11.8 Å². The first-order valence-corrected chi connectivity index (χ1v) is 36.5. The van der Waals surface area contributed by atoms with E-state index in [1.165, 1.54) is 272 Å². The summed E-state index contributed by atoms with van der Waals surface area (Å²) >= 11 is 3.89. The van der Waals surface area contributed by atoms with E-state index in [0.717, 1.165) is 55.3 Å². The van der Waals surface area contributed by atoms with Crippen LogP contribution in [0.2, 0.25) is 0 Å². The minimum absolute atomic E-state index is 0.188. The summed E-state index contributed by atoms with van der Waals surface area (Å²) in [6.07, 6.45) is 49.7. The zero-order chi connectivity index (χ0) is 55.6. The molecule has 0 fully saturated rings. The number of fused-ring (bicyclic) bond motifs is 3. The second-order valence-electron chi connectivity index (χ2n) is 24.7. The third-order valence-electron chi connectivity index (χ3n) is 18.0. The van der Waals surface area contributed by atoms with Crippen LogP contribution in [0.3, 0.4) is 0 Å². The molecule has 0 saturated carbocycles. The molecule has 0 bridgehead atoms. The fraction of sp³-hybridized carbons (Fsp3) is 0.622. The van der Waals surface area contributed by atoms with Crippen molar-refractivity contribution in [3.05, 3.63) is 102 Å². The Morgan fingerprint density at radius 3 is 1.03 bits per heavy atom.